The highest BCUT2D eigenvalue weighted by molar-refractivity contribution is 5.19. The predicted molar refractivity (Wildman–Crippen MR) is 81.8 cm³/mol. The fourth-order valence-corrected chi connectivity index (χ4v) is 3.45. The van der Waals surface area contributed by atoms with Crippen molar-refractivity contribution in [1.29, 1.82) is 0 Å². The van der Waals surface area contributed by atoms with Gasteiger partial charge in [-0.1, -0.05) is 30.3 Å². The van der Waals surface area contributed by atoms with E-state index in [1.54, 1.807) is 0 Å². The smallest absolute Gasteiger partial charge is 0.0483 e. The Bertz CT molecular complexity index is 414. The van der Waals surface area contributed by atoms with Gasteiger partial charge in [-0.2, -0.15) is 0 Å². The minimum Gasteiger partial charge on any atom is -0.381 e. The van der Waals surface area contributed by atoms with Crippen LogP contribution in [0.25, 0.3) is 0 Å². The molecule has 0 aromatic heterocycles. The molecule has 1 aromatic carbocycles. The maximum absolute atomic E-state index is 5.56. The van der Waals surface area contributed by atoms with Gasteiger partial charge in [0.2, 0.25) is 0 Å². The van der Waals surface area contributed by atoms with Crippen LogP contribution >= 0.6 is 0 Å². The van der Waals surface area contributed by atoms with E-state index in [0.717, 1.165) is 39.1 Å². The summed E-state index contributed by atoms with van der Waals surface area (Å²) in [5.41, 5.74) is 1.73. The SMILES string of the molecule is CC1(N2CCCNC(c3ccccc3)C2)CCOCC1. The third-order valence-corrected chi connectivity index (χ3v) is 4.93. The van der Waals surface area contributed by atoms with Crippen molar-refractivity contribution in [2.45, 2.75) is 37.8 Å². The fraction of sp³-hybridized carbons (Fsp3) is 0.647. The van der Waals surface area contributed by atoms with Crippen molar-refractivity contribution in [3.63, 3.8) is 0 Å². The molecule has 0 spiro atoms. The summed E-state index contributed by atoms with van der Waals surface area (Å²) < 4.78 is 5.56. The molecule has 0 amide bonds. The van der Waals surface area contributed by atoms with E-state index in [2.05, 4.69) is 47.5 Å². The Balaban J connectivity index is 1.75. The molecule has 3 nitrogen and oxygen atoms in total. The minimum absolute atomic E-state index is 0.317. The first-order valence-electron chi connectivity index (χ1n) is 7.89. The highest BCUT2D eigenvalue weighted by Crippen LogP contribution is 2.30. The second-order valence-electron chi connectivity index (χ2n) is 6.33. The molecule has 1 atom stereocenters. The Morgan fingerprint density at radius 1 is 1.20 bits per heavy atom. The van der Waals surface area contributed by atoms with Crippen LogP contribution in [0.4, 0.5) is 0 Å². The van der Waals surface area contributed by atoms with E-state index in [4.69, 9.17) is 4.74 Å². The van der Waals surface area contributed by atoms with E-state index >= 15 is 0 Å². The van der Waals surface area contributed by atoms with E-state index in [9.17, 15) is 0 Å². The van der Waals surface area contributed by atoms with E-state index in [1.807, 2.05) is 0 Å². The minimum atomic E-state index is 0.317. The van der Waals surface area contributed by atoms with Crippen molar-refractivity contribution < 1.29 is 4.74 Å². The maximum atomic E-state index is 5.56. The zero-order valence-corrected chi connectivity index (χ0v) is 12.5. The summed E-state index contributed by atoms with van der Waals surface area (Å²) in [7, 11) is 0. The van der Waals surface area contributed by atoms with Gasteiger partial charge in [-0.15, -0.1) is 0 Å². The fourth-order valence-electron chi connectivity index (χ4n) is 3.45. The van der Waals surface area contributed by atoms with Gasteiger partial charge < -0.3 is 10.1 Å². The first-order valence-corrected chi connectivity index (χ1v) is 7.89. The van der Waals surface area contributed by atoms with Crippen molar-refractivity contribution in [2.75, 3.05) is 32.8 Å². The standard InChI is InChI=1S/C17H26N2O/c1-17(8-12-20-13-9-17)19-11-5-10-18-16(14-19)15-6-3-2-4-7-15/h2-4,6-7,16,18H,5,8-14H2,1H3. The number of ether oxygens (including phenoxy) is 1. The summed E-state index contributed by atoms with van der Waals surface area (Å²) in [6.07, 6.45) is 3.56. The second-order valence-corrected chi connectivity index (χ2v) is 6.33. The molecule has 2 fully saturated rings. The van der Waals surface area contributed by atoms with Crippen LogP contribution in [0.5, 0.6) is 0 Å². The van der Waals surface area contributed by atoms with E-state index < -0.39 is 0 Å². The molecular weight excluding hydrogens is 248 g/mol. The van der Waals surface area contributed by atoms with Gasteiger partial charge in [-0.05, 0) is 44.8 Å². The summed E-state index contributed by atoms with van der Waals surface area (Å²) in [5, 5.41) is 3.71. The van der Waals surface area contributed by atoms with Gasteiger partial charge in [0.15, 0.2) is 0 Å². The summed E-state index contributed by atoms with van der Waals surface area (Å²) in [6.45, 7) is 7.67. The van der Waals surface area contributed by atoms with Crippen LogP contribution in [0.2, 0.25) is 0 Å². The average Bonchev–Trinajstić information content (AvgIpc) is 2.75. The molecule has 2 saturated heterocycles. The van der Waals surface area contributed by atoms with Crippen molar-refractivity contribution in [1.82, 2.24) is 10.2 Å². The number of benzene rings is 1. The Kier molecular flexibility index (Phi) is 4.39. The number of rotatable bonds is 2. The summed E-state index contributed by atoms with van der Waals surface area (Å²) in [5.74, 6) is 0. The molecular formula is C17H26N2O. The summed E-state index contributed by atoms with van der Waals surface area (Å²) >= 11 is 0. The van der Waals surface area contributed by atoms with Crippen LogP contribution < -0.4 is 5.32 Å². The topological polar surface area (TPSA) is 24.5 Å². The van der Waals surface area contributed by atoms with Gasteiger partial charge >= 0.3 is 0 Å². The van der Waals surface area contributed by atoms with Gasteiger partial charge in [-0.3, -0.25) is 4.90 Å². The Labute approximate surface area is 122 Å². The van der Waals surface area contributed by atoms with Crippen molar-refractivity contribution >= 4 is 0 Å². The van der Waals surface area contributed by atoms with Crippen LogP contribution in [0, 0.1) is 0 Å². The molecule has 1 aromatic rings. The molecule has 2 aliphatic heterocycles. The van der Waals surface area contributed by atoms with Crippen molar-refractivity contribution in [2.24, 2.45) is 0 Å². The Morgan fingerprint density at radius 2 is 1.95 bits per heavy atom. The number of hydrogen-bond donors (Lipinski definition) is 1. The van der Waals surface area contributed by atoms with Crippen molar-refractivity contribution in [3.05, 3.63) is 35.9 Å². The molecule has 3 rings (SSSR count). The Morgan fingerprint density at radius 3 is 2.70 bits per heavy atom. The van der Waals surface area contributed by atoms with Crippen LogP contribution in [-0.4, -0.2) is 43.3 Å². The maximum Gasteiger partial charge on any atom is 0.0483 e. The zero-order valence-electron chi connectivity index (χ0n) is 12.5. The molecule has 2 aliphatic rings. The lowest BCUT2D eigenvalue weighted by molar-refractivity contribution is -0.0196. The molecule has 110 valence electrons. The quantitative estimate of drug-likeness (QED) is 0.897. The highest BCUT2D eigenvalue weighted by Gasteiger charge is 2.35. The molecule has 20 heavy (non-hydrogen) atoms. The zero-order chi connectivity index (χ0) is 13.8. The van der Waals surface area contributed by atoms with E-state index in [-0.39, 0.29) is 0 Å². The molecule has 0 aliphatic carbocycles. The number of nitrogens with zero attached hydrogens (tertiary/aromatic N) is 1. The third-order valence-electron chi connectivity index (χ3n) is 4.93. The van der Waals surface area contributed by atoms with Gasteiger partial charge in [-0.25, -0.2) is 0 Å². The van der Waals surface area contributed by atoms with Gasteiger partial charge in [0.05, 0.1) is 0 Å². The molecule has 0 radical (unpaired) electrons. The molecule has 1 unspecified atom stereocenters. The molecule has 0 bridgehead atoms. The molecule has 1 N–H and O–H groups in total. The summed E-state index contributed by atoms with van der Waals surface area (Å²) in [4.78, 5) is 2.70. The van der Waals surface area contributed by atoms with Crippen LogP contribution in [0.3, 0.4) is 0 Å². The summed E-state index contributed by atoms with van der Waals surface area (Å²) in [6, 6.07) is 11.3. The van der Waals surface area contributed by atoms with Crippen LogP contribution in [0.1, 0.15) is 37.8 Å². The second kappa shape index (κ2) is 6.25. The average molecular weight is 274 g/mol. The Hall–Kier alpha value is -0.900. The van der Waals surface area contributed by atoms with Crippen LogP contribution in [0.15, 0.2) is 30.3 Å². The molecule has 0 saturated carbocycles. The normalized spacial score (nSPS) is 27.9. The van der Waals surface area contributed by atoms with Crippen molar-refractivity contribution in [3.8, 4) is 0 Å². The first kappa shape index (κ1) is 14.1. The lowest BCUT2D eigenvalue weighted by Crippen LogP contribution is -2.51. The van der Waals surface area contributed by atoms with Crippen LogP contribution in [-0.2, 0) is 4.74 Å². The number of hydrogen-bond acceptors (Lipinski definition) is 3. The monoisotopic (exact) mass is 274 g/mol. The lowest BCUT2D eigenvalue weighted by Gasteiger charge is -2.44. The predicted octanol–water partition coefficient (Wildman–Crippen LogP) is 2.59. The van der Waals surface area contributed by atoms with Gasteiger partial charge in [0.25, 0.3) is 0 Å². The highest BCUT2D eigenvalue weighted by atomic mass is 16.5. The molecule has 3 heteroatoms. The lowest BCUT2D eigenvalue weighted by atomic mass is 9.89. The van der Waals surface area contributed by atoms with E-state index in [1.165, 1.54) is 18.5 Å². The molecule has 2 heterocycles. The van der Waals surface area contributed by atoms with Gasteiger partial charge in [0.1, 0.15) is 0 Å². The first-order chi connectivity index (χ1) is 9.78. The number of nitrogens with one attached hydrogen (secondary N) is 1. The van der Waals surface area contributed by atoms with E-state index in [0.29, 0.717) is 11.6 Å². The third kappa shape index (κ3) is 3.05. The largest absolute Gasteiger partial charge is 0.381 e. The van der Waals surface area contributed by atoms with Gasteiger partial charge in [0, 0.05) is 31.3 Å².